The van der Waals surface area contributed by atoms with E-state index in [0.717, 1.165) is 0 Å². The third-order valence-corrected chi connectivity index (χ3v) is 4.54. The van der Waals surface area contributed by atoms with Gasteiger partial charge in [0.05, 0.1) is 63.5 Å². The molecular formula is C27H9N9. The normalized spacial score (nSPS) is 19.0. The van der Waals surface area contributed by atoms with Crippen LogP contribution in [0.25, 0.3) is 26.5 Å². The lowest BCUT2D eigenvalue weighted by atomic mass is 10.1. The van der Waals surface area contributed by atoms with Gasteiger partial charge in [-0.3, -0.25) is 15.0 Å². The first-order chi connectivity index (χ1) is 21.3. The molecule has 36 heavy (non-hydrogen) atoms. The van der Waals surface area contributed by atoms with Gasteiger partial charge in [-0.2, -0.15) is 21.0 Å². The summed E-state index contributed by atoms with van der Waals surface area (Å²) in [5.74, 6) is 0. The first kappa shape index (κ1) is 14.0. The maximum absolute atomic E-state index is 10.2. The predicted molar refractivity (Wildman–Crippen MR) is 127 cm³/mol. The minimum atomic E-state index is -0.762. The lowest BCUT2D eigenvalue weighted by Gasteiger charge is -1.98. The van der Waals surface area contributed by atoms with Gasteiger partial charge in [0.2, 0.25) is 11.4 Å². The Kier molecular flexibility index (Phi) is 3.74. The predicted octanol–water partition coefficient (Wildman–Crippen LogP) is 4.76. The first-order valence-corrected chi connectivity index (χ1v) is 9.38. The zero-order chi connectivity index (χ0) is 33.5. The van der Waals surface area contributed by atoms with Crippen molar-refractivity contribution in [3.8, 4) is 24.3 Å². The molecule has 3 aromatic rings. The van der Waals surface area contributed by atoms with Crippen LogP contribution < -0.4 is 0 Å². The van der Waals surface area contributed by atoms with Gasteiger partial charge in [0.15, 0.2) is 0 Å². The van der Waals surface area contributed by atoms with Crippen molar-refractivity contribution < 1.29 is 12.3 Å². The maximum atomic E-state index is 10.2. The van der Waals surface area contributed by atoms with Crippen molar-refractivity contribution in [3.05, 3.63) is 123 Å². The van der Waals surface area contributed by atoms with Crippen molar-refractivity contribution in [2.75, 3.05) is 0 Å². The largest absolute Gasteiger partial charge is 0.267 e. The summed E-state index contributed by atoms with van der Waals surface area (Å²) in [4.78, 5) is 17.8. The fourth-order valence-electron chi connectivity index (χ4n) is 2.98. The molecule has 0 saturated heterocycles. The summed E-state index contributed by atoms with van der Waals surface area (Å²) in [6, 6.07) is 2.13. The number of pyridine rings is 3. The Bertz CT molecular complexity index is 2010. The van der Waals surface area contributed by atoms with Crippen LogP contribution in [0.3, 0.4) is 0 Å². The molecule has 0 aliphatic heterocycles. The summed E-state index contributed by atoms with van der Waals surface area (Å²) in [5, 5.41) is 39.0. The van der Waals surface area contributed by atoms with Crippen LogP contribution in [0, 0.1) is 58.5 Å². The molecule has 9 heteroatoms. The Hall–Kier alpha value is -6.39. The molecule has 0 bridgehead atoms. The number of nitriles is 4. The molecule has 3 aromatic heterocycles. The third kappa shape index (κ3) is 4.03. The molecular weight excluding hydrogens is 450 g/mol. The van der Waals surface area contributed by atoms with Gasteiger partial charge in [0.1, 0.15) is 24.3 Å². The van der Waals surface area contributed by atoms with E-state index in [4.69, 9.17) is 25.5 Å². The highest BCUT2D eigenvalue weighted by Gasteiger charge is 2.41. The quantitative estimate of drug-likeness (QED) is 0.398. The van der Waals surface area contributed by atoms with E-state index in [0.29, 0.717) is 0 Å². The smallest absolute Gasteiger partial charge is 0.220 e. The second-order valence-electron chi connectivity index (χ2n) is 6.46. The molecule has 0 radical (unpaired) electrons. The lowest BCUT2D eigenvalue weighted by Crippen LogP contribution is -1.89. The van der Waals surface area contributed by atoms with Crippen LogP contribution in [-0.2, 0) is 0 Å². The van der Waals surface area contributed by atoms with E-state index in [-0.39, 0.29) is 16.7 Å². The van der Waals surface area contributed by atoms with E-state index in [1.165, 1.54) is 0 Å². The van der Waals surface area contributed by atoms with E-state index in [1.54, 1.807) is 24.3 Å². The van der Waals surface area contributed by atoms with Crippen molar-refractivity contribution in [1.29, 1.82) is 21.0 Å². The van der Waals surface area contributed by atoms with Crippen molar-refractivity contribution in [2.45, 2.75) is 0 Å². The molecule has 0 unspecified atom stereocenters. The lowest BCUT2D eigenvalue weighted by molar-refractivity contribution is 1.25. The summed E-state index contributed by atoms with van der Waals surface area (Å²) < 4.78 is 73.5. The second kappa shape index (κ2) is 9.62. The van der Waals surface area contributed by atoms with E-state index in [9.17, 15) is 21.0 Å². The highest BCUT2D eigenvalue weighted by atomic mass is 14.8. The van der Waals surface area contributed by atoms with Crippen molar-refractivity contribution >= 4 is 22.5 Å². The SMILES string of the molecule is [2H]c1nc(/C(C#N)=C2/C(=C(/[N+]#[C-])c3nc([2H])c(C#N)c([2H])c3[2H])/C2=C(/C#N)c2nc([2H])c([N+]#[C-])c([2H])c2[2H])c([2H])c([2H])c1C#N. The molecule has 0 N–H and O–H groups in total. The van der Waals surface area contributed by atoms with Crippen LogP contribution in [0.4, 0.5) is 5.69 Å². The van der Waals surface area contributed by atoms with Crippen molar-refractivity contribution in [1.82, 2.24) is 15.0 Å². The number of rotatable bonds is 3. The molecule has 3 heterocycles. The fraction of sp³-hybridized carbons (Fsp3) is 0. The van der Waals surface area contributed by atoms with Gasteiger partial charge < -0.3 is 0 Å². The summed E-state index contributed by atoms with van der Waals surface area (Å²) in [7, 11) is 0. The Morgan fingerprint density at radius 1 is 0.694 bits per heavy atom. The topological polar surface area (TPSA) is 143 Å². The number of hydrogen-bond acceptors (Lipinski definition) is 7. The molecule has 162 valence electrons. The monoisotopic (exact) mass is 468 g/mol. The molecule has 9 nitrogen and oxygen atoms in total. The van der Waals surface area contributed by atoms with Gasteiger partial charge in [0, 0.05) is 25.5 Å². The molecule has 0 aromatic carbocycles. The van der Waals surface area contributed by atoms with Crippen LogP contribution in [0.1, 0.15) is 40.5 Å². The van der Waals surface area contributed by atoms with Gasteiger partial charge in [-0.05, 0) is 41.4 Å². The van der Waals surface area contributed by atoms with Crippen LogP contribution >= 0.6 is 0 Å². The molecule has 4 rings (SSSR count). The molecule has 0 spiro atoms. The van der Waals surface area contributed by atoms with Crippen LogP contribution in [0.15, 0.2) is 71.5 Å². The fourth-order valence-corrected chi connectivity index (χ4v) is 2.98. The minimum absolute atomic E-state index is 0.317. The van der Waals surface area contributed by atoms with Crippen LogP contribution in [0.2, 0.25) is 0 Å². The summed E-state index contributed by atoms with van der Waals surface area (Å²) >= 11 is 0. The van der Waals surface area contributed by atoms with E-state index >= 15 is 0 Å². The number of nitrogens with zero attached hydrogens (tertiary/aromatic N) is 9. The standard InChI is InChI=1S/C27H9N9/c1-32-18-5-8-22(36-15-18)20(12-31)25-24(19(11-30)21-6-3-16(9-28)13-34-21)26(25)27(33-2)23-7-4-17(10-29)14-35-23/h3-8,13-15H/b24-19+,25-20-,27-26-/i3D,4D,5D,6D,7D,8D,13D,14D,15D. The number of hydrogen-bond donors (Lipinski definition) is 0. The Morgan fingerprint density at radius 2 is 1.19 bits per heavy atom. The Morgan fingerprint density at radius 3 is 1.69 bits per heavy atom. The third-order valence-electron chi connectivity index (χ3n) is 4.54. The van der Waals surface area contributed by atoms with E-state index in [2.05, 4.69) is 24.6 Å². The first-order valence-electron chi connectivity index (χ1n) is 13.9. The zero-order valence-corrected chi connectivity index (χ0v) is 17.5. The molecule has 1 aliphatic carbocycles. The maximum Gasteiger partial charge on any atom is 0.220 e. The van der Waals surface area contributed by atoms with Gasteiger partial charge in [-0.25, -0.2) is 9.69 Å². The van der Waals surface area contributed by atoms with E-state index in [1.807, 2.05) is 0 Å². The average molecular weight is 468 g/mol. The van der Waals surface area contributed by atoms with Crippen LogP contribution in [0.5, 0.6) is 0 Å². The van der Waals surface area contributed by atoms with Gasteiger partial charge >= 0.3 is 0 Å². The highest BCUT2D eigenvalue weighted by molar-refractivity contribution is 6.10. The van der Waals surface area contributed by atoms with Gasteiger partial charge in [0.25, 0.3) is 0 Å². The summed E-state index contributed by atoms with van der Waals surface area (Å²) in [6.45, 7) is 15.0. The molecule has 1 fully saturated rings. The molecule has 1 saturated carbocycles. The van der Waals surface area contributed by atoms with Gasteiger partial charge in [-0.15, -0.1) is 0 Å². The summed E-state index contributed by atoms with van der Waals surface area (Å²) in [5.41, 5.74) is -6.19. The average Bonchev–Trinajstić information content (AvgIpc) is 3.72. The zero-order valence-electron chi connectivity index (χ0n) is 26.5. The van der Waals surface area contributed by atoms with Crippen LogP contribution in [-0.4, -0.2) is 15.0 Å². The number of allylic oxidation sites excluding steroid dienone is 5. The highest BCUT2D eigenvalue weighted by Crippen LogP contribution is 2.55. The van der Waals surface area contributed by atoms with Crippen molar-refractivity contribution in [2.24, 2.45) is 0 Å². The molecule has 0 atom stereocenters. The van der Waals surface area contributed by atoms with Gasteiger partial charge in [-0.1, -0.05) is 6.04 Å². The Labute approximate surface area is 218 Å². The van der Waals surface area contributed by atoms with Crippen molar-refractivity contribution in [3.63, 3.8) is 0 Å². The molecule has 0 amide bonds. The summed E-state index contributed by atoms with van der Waals surface area (Å²) in [6.07, 6.45) is -2.26. The molecule has 1 aliphatic rings. The number of aromatic nitrogens is 3. The minimum Gasteiger partial charge on any atom is -0.267 e. The Balaban J connectivity index is 2.27. The second-order valence-corrected chi connectivity index (χ2v) is 6.46. The van der Waals surface area contributed by atoms with E-state index < -0.39 is 106 Å².